The molecule has 0 aromatic heterocycles. The molecule has 0 unspecified atom stereocenters. The zero-order valence-corrected chi connectivity index (χ0v) is 18.3. The van der Waals surface area contributed by atoms with E-state index in [-0.39, 0.29) is 13.0 Å². The molecular formula is C22H25ClN2O7. The number of hydrogen-bond donors (Lipinski definition) is 4. The number of hydrogen-bond acceptors (Lipinski definition) is 6. The van der Waals surface area contributed by atoms with Crippen LogP contribution in [0.4, 0.5) is 4.79 Å². The Kier molecular flexibility index (Phi) is 9.30. The van der Waals surface area contributed by atoms with Crippen molar-refractivity contribution in [1.29, 1.82) is 0 Å². The lowest BCUT2D eigenvalue weighted by Crippen LogP contribution is -2.56. The first-order valence-corrected chi connectivity index (χ1v) is 10.1. The fourth-order valence-electron chi connectivity index (χ4n) is 2.83. The van der Waals surface area contributed by atoms with Crippen LogP contribution in [-0.2, 0) is 27.4 Å². The molecule has 2 rings (SSSR count). The Balaban J connectivity index is 2.01. The van der Waals surface area contributed by atoms with Crippen LogP contribution in [0.3, 0.4) is 0 Å². The summed E-state index contributed by atoms with van der Waals surface area (Å²) in [7, 11) is 1.45. The molecule has 0 fully saturated rings. The molecule has 0 saturated heterocycles. The van der Waals surface area contributed by atoms with Gasteiger partial charge in [-0.05, 0) is 30.2 Å². The molecule has 32 heavy (non-hydrogen) atoms. The first-order chi connectivity index (χ1) is 15.2. The third kappa shape index (κ3) is 7.44. The van der Waals surface area contributed by atoms with Crippen LogP contribution in [0.1, 0.15) is 18.1 Å². The van der Waals surface area contributed by atoms with E-state index in [4.69, 9.17) is 21.1 Å². The summed E-state index contributed by atoms with van der Waals surface area (Å²) in [5.41, 5.74) is 1.29. The lowest BCUT2D eigenvalue weighted by atomic mass is 10.0. The molecule has 0 aliphatic rings. The number of alkyl carbamates (subject to hydrolysis) is 1. The number of methoxy groups -OCH3 is 1. The normalized spacial score (nSPS) is 13.4. The van der Waals surface area contributed by atoms with Crippen LogP contribution in [0, 0.1) is 0 Å². The molecule has 0 spiro atoms. The molecule has 2 aromatic rings. The van der Waals surface area contributed by atoms with Gasteiger partial charge >= 0.3 is 12.1 Å². The highest BCUT2D eigenvalue weighted by Crippen LogP contribution is 2.25. The molecular weight excluding hydrogens is 440 g/mol. The van der Waals surface area contributed by atoms with Crippen LogP contribution in [0.15, 0.2) is 48.5 Å². The number of carboxylic acid groups (broad SMARTS) is 1. The molecule has 0 radical (unpaired) electrons. The van der Waals surface area contributed by atoms with Crippen LogP contribution < -0.4 is 15.4 Å². The summed E-state index contributed by atoms with van der Waals surface area (Å²) >= 11 is 6.07. The number of carboxylic acids is 1. The summed E-state index contributed by atoms with van der Waals surface area (Å²) in [6.45, 7) is 1.26. The SMILES string of the molecule is COc1ccc(C[C@H](NC(=O)[C@@H](NC(=O)OCc2ccccc2)[C@@H](C)O)C(=O)O)cc1Cl. The molecule has 0 heterocycles. The largest absolute Gasteiger partial charge is 0.495 e. The van der Waals surface area contributed by atoms with Crippen LogP contribution >= 0.6 is 11.6 Å². The number of carbonyl (C=O) groups is 3. The van der Waals surface area contributed by atoms with Gasteiger partial charge in [-0.1, -0.05) is 48.0 Å². The fraction of sp³-hybridized carbons (Fsp3) is 0.318. The third-order valence-electron chi connectivity index (χ3n) is 4.52. The second-order valence-electron chi connectivity index (χ2n) is 7.00. The minimum absolute atomic E-state index is 0.0310. The number of nitrogens with one attached hydrogen (secondary N) is 2. The highest BCUT2D eigenvalue weighted by Gasteiger charge is 2.30. The molecule has 9 nitrogen and oxygen atoms in total. The monoisotopic (exact) mass is 464 g/mol. The minimum Gasteiger partial charge on any atom is -0.495 e. The Morgan fingerprint density at radius 1 is 1.06 bits per heavy atom. The number of carbonyl (C=O) groups excluding carboxylic acids is 2. The molecule has 10 heteroatoms. The molecule has 0 bridgehead atoms. The molecule has 3 atom stereocenters. The van der Waals surface area contributed by atoms with E-state index >= 15 is 0 Å². The number of aliphatic hydroxyl groups is 1. The fourth-order valence-corrected chi connectivity index (χ4v) is 3.11. The maximum absolute atomic E-state index is 12.6. The van der Waals surface area contributed by atoms with Crippen molar-refractivity contribution in [3.05, 3.63) is 64.7 Å². The average molecular weight is 465 g/mol. The third-order valence-corrected chi connectivity index (χ3v) is 4.82. The van der Waals surface area contributed by atoms with Gasteiger partial charge in [0.2, 0.25) is 5.91 Å². The number of ether oxygens (including phenoxy) is 2. The highest BCUT2D eigenvalue weighted by atomic mass is 35.5. The van der Waals surface area contributed by atoms with E-state index in [9.17, 15) is 24.6 Å². The van der Waals surface area contributed by atoms with Gasteiger partial charge in [0.15, 0.2) is 0 Å². The first-order valence-electron chi connectivity index (χ1n) is 9.72. The average Bonchev–Trinajstić information content (AvgIpc) is 2.76. The van der Waals surface area contributed by atoms with Gasteiger partial charge < -0.3 is 30.3 Å². The number of rotatable bonds is 10. The van der Waals surface area contributed by atoms with Crippen molar-refractivity contribution in [3.8, 4) is 5.75 Å². The quantitative estimate of drug-likeness (QED) is 0.423. The summed E-state index contributed by atoms with van der Waals surface area (Å²) in [5, 5.41) is 24.4. The first kappa shape index (κ1) is 25.0. The Labute approximate surface area is 190 Å². The van der Waals surface area contributed by atoms with E-state index in [1.807, 2.05) is 6.07 Å². The summed E-state index contributed by atoms with van der Waals surface area (Å²) < 4.78 is 10.1. The molecule has 2 amide bonds. The summed E-state index contributed by atoms with van der Waals surface area (Å²) in [6.07, 6.45) is -2.30. The van der Waals surface area contributed by atoms with E-state index in [2.05, 4.69) is 10.6 Å². The minimum atomic E-state index is -1.42. The van der Waals surface area contributed by atoms with Crippen molar-refractivity contribution in [2.24, 2.45) is 0 Å². The molecule has 4 N–H and O–H groups in total. The lowest BCUT2D eigenvalue weighted by molar-refractivity contribution is -0.142. The summed E-state index contributed by atoms with van der Waals surface area (Å²) in [5.74, 6) is -1.73. The molecule has 0 saturated carbocycles. The highest BCUT2D eigenvalue weighted by molar-refractivity contribution is 6.32. The maximum atomic E-state index is 12.6. The van der Waals surface area contributed by atoms with Gasteiger partial charge in [-0.25, -0.2) is 9.59 Å². The zero-order chi connectivity index (χ0) is 23.7. The van der Waals surface area contributed by atoms with E-state index in [1.165, 1.54) is 20.1 Å². The molecule has 2 aromatic carbocycles. The smallest absolute Gasteiger partial charge is 0.408 e. The zero-order valence-electron chi connectivity index (χ0n) is 17.6. The number of aliphatic hydroxyl groups excluding tert-OH is 1. The van der Waals surface area contributed by atoms with Gasteiger partial charge in [0.1, 0.15) is 24.4 Å². The molecule has 0 aliphatic heterocycles. The molecule has 0 aliphatic carbocycles. The predicted octanol–water partition coefficient (Wildman–Crippen LogP) is 2.14. The Hall–Kier alpha value is -3.30. The number of aliphatic carboxylic acids is 1. The van der Waals surface area contributed by atoms with Gasteiger partial charge in [-0.2, -0.15) is 0 Å². The van der Waals surface area contributed by atoms with E-state index < -0.39 is 36.2 Å². The number of benzene rings is 2. The summed E-state index contributed by atoms with van der Waals surface area (Å²) in [4.78, 5) is 36.4. The van der Waals surface area contributed by atoms with Crippen molar-refractivity contribution in [3.63, 3.8) is 0 Å². The van der Waals surface area contributed by atoms with Crippen molar-refractivity contribution in [2.75, 3.05) is 7.11 Å². The van der Waals surface area contributed by atoms with Crippen LogP contribution in [-0.4, -0.2) is 53.5 Å². The predicted molar refractivity (Wildman–Crippen MR) is 117 cm³/mol. The van der Waals surface area contributed by atoms with Crippen molar-refractivity contribution in [2.45, 2.75) is 38.1 Å². The number of halogens is 1. The maximum Gasteiger partial charge on any atom is 0.408 e. The summed E-state index contributed by atoms with van der Waals surface area (Å²) in [6, 6.07) is 10.9. The topological polar surface area (TPSA) is 134 Å². The van der Waals surface area contributed by atoms with E-state index in [0.29, 0.717) is 16.3 Å². The van der Waals surface area contributed by atoms with Gasteiger partial charge in [0, 0.05) is 6.42 Å². The Bertz CT molecular complexity index is 937. The number of amides is 2. The van der Waals surface area contributed by atoms with Crippen LogP contribution in [0.5, 0.6) is 5.75 Å². The van der Waals surface area contributed by atoms with Crippen LogP contribution in [0.25, 0.3) is 0 Å². The Morgan fingerprint density at radius 3 is 2.31 bits per heavy atom. The standard InChI is InChI=1S/C22H25ClN2O7/c1-13(26)19(25-22(30)32-12-14-6-4-3-5-7-14)20(27)24-17(21(28)29)11-15-8-9-18(31-2)16(23)10-15/h3-10,13,17,19,26H,11-12H2,1-2H3,(H,24,27)(H,25,30)(H,28,29)/t13-,17+,19+/m1/s1. The van der Waals surface area contributed by atoms with Crippen molar-refractivity contribution < 1.29 is 34.1 Å². The second-order valence-corrected chi connectivity index (χ2v) is 7.40. The van der Waals surface area contributed by atoms with Crippen molar-refractivity contribution >= 4 is 29.6 Å². The lowest BCUT2D eigenvalue weighted by Gasteiger charge is -2.23. The van der Waals surface area contributed by atoms with Crippen molar-refractivity contribution in [1.82, 2.24) is 10.6 Å². The van der Waals surface area contributed by atoms with Gasteiger partial charge in [-0.15, -0.1) is 0 Å². The second kappa shape index (κ2) is 11.9. The van der Waals surface area contributed by atoms with Crippen LogP contribution in [0.2, 0.25) is 5.02 Å². The van der Waals surface area contributed by atoms with Gasteiger partial charge in [0.05, 0.1) is 18.2 Å². The van der Waals surface area contributed by atoms with E-state index in [1.54, 1.807) is 36.4 Å². The van der Waals surface area contributed by atoms with Gasteiger partial charge in [-0.3, -0.25) is 4.79 Å². The molecule has 172 valence electrons. The Morgan fingerprint density at radius 2 is 1.75 bits per heavy atom. The van der Waals surface area contributed by atoms with E-state index in [0.717, 1.165) is 5.56 Å². The van der Waals surface area contributed by atoms with Gasteiger partial charge in [0.25, 0.3) is 0 Å².